The van der Waals surface area contributed by atoms with Crippen LogP contribution in [0.1, 0.15) is 40.0 Å². The van der Waals surface area contributed by atoms with E-state index in [2.05, 4.69) is 17.6 Å². The van der Waals surface area contributed by atoms with Gasteiger partial charge in [0.2, 0.25) is 5.91 Å². The lowest BCUT2D eigenvalue weighted by Crippen LogP contribution is -2.46. The van der Waals surface area contributed by atoms with Crippen molar-refractivity contribution < 1.29 is 4.79 Å². The summed E-state index contributed by atoms with van der Waals surface area (Å²) >= 11 is 0. The molecule has 1 aliphatic rings. The molecule has 1 aliphatic heterocycles. The molecule has 2 unspecified atom stereocenters. The van der Waals surface area contributed by atoms with Gasteiger partial charge in [-0.15, -0.1) is 12.4 Å². The number of nitrogens with one attached hydrogen (secondary N) is 2. The smallest absolute Gasteiger partial charge is 0.222 e. The Kier molecular flexibility index (Phi) is 7.00. The van der Waals surface area contributed by atoms with Crippen molar-refractivity contribution in [3.8, 4) is 0 Å². The zero-order valence-corrected chi connectivity index (χ0v) is 11.5. The standard InChI is InChI=1S/C12H24N2O.ClH/c1-4-10(2)11(15)14-9-12(3)6-5-7-13-8-12;/h10,13H,4-9H2,1-3H3,(H,14,15);1H. The second-order valence-corrected chi connectivity index (χ2v) is 5.12. The van der Waals surface area contributed by atoms with Crippen molar-refractivity contribution in [1.29, 1.82) is 0 Å². The van der Waals surface area contributed by atoms with Gasteiger partial charge in [0.1, 0.15) is 0 Å². The summed E-state index contributed by atoms with van der Waals surface area (Å²) in [6.45, 7) is 9.23. The van der Waals surface area contributed by atoms with Gasteiger partial charge in [0, 0.05) is 19.0 Å². The summed E-state index contributed by atoms with van der Waals surface area (Å²) < 4.78 is 0. The number of hydrogen-bond donors (Lipinski definition) is 2. The first-order chi connectivity index (χ1) is 7.07. The van der Waals surface area contributed by atoms with Crippen molar-refractivity contribution in [1.82, 2.24) is 10.6 Å². The van der Waals surface area contributed by atoms with E-state index >= 15 is 0 Å². The van der Waals surface area contributed by atoms with Gasteiger partial charge < -0.3 is 10.6 Å². The van der Waals surface area contributed by atoms with Crippen LogP contribution in [0.4, 0.5) is 0 Å². The topological polar surface area (TPSA) is 41.1 Å². The molecular weight excluding hydrogens is 224 g/mol. The maximum atomic E-state index is 11.6. The molecule has 0 radical (unpaired) electrons. The highest BCUT2D eigenvalue weighted by Crippen LogP contribution is 2.24. The molecule has 1 amide bonds. The third-order valence-corrected chi connectivity index (χ3v) is 3.44. The van der Waals surface area contributed by atoms with E-state index in [4.69, 9.17) is 0 Å². The molecule has 3 nitrogen and oxygen atoms in total. The number of carbonyl (C=O) groups is 1. The molecule has 0 spiro atoms. The Balaban J connectivity index is 0.00000225. The van der Waals surface area contributed by atoms with Crippen LogP contribution in [-0.4, -0.2) is 25.5 Å². The predicted octanol–water partition coefficient (Wildman–Crippen LogP) is 1.96. The zero-order valence-electron chi connectivity index (χ0n) is 10.6. The zero-order chi connectivity index (χ0) is 11.3. The van der Waals surface area contributed by atoms with E-state index in [0.29, 0.717) is 0 Å². The minimum absolute atomic E-state index is 0. The van der Waals surface area contributed by atoms with Crippen LogP contribution in [0.5, 0.6) is 0 Å². The number of halogens is 1. The van der Waals surface area contributed by atoms with Gasteiger partial charge in [0.05, 0.1) is 0 Å². The van der Waals surface area contributed by atoms with E-state index in [0.717, 1.165) is 26.1 Å². The average molecular weight is 249 g/mol. The molecule has 0 aromatic heterocycles. The maximum absolute atomic E-state index is 11.6. The molecule has 2 atom stereocenters. The molecule has 0 bridgehead atoms. The van der Waals surface area contributed by atoms with Gasteiger partial charge in [-0.05, 0) is 31.2 Å². The largest absolute Gasteiger partial charge is 0.355 e. The fourth-order valence-electron chi connectivity index (χ4n) is 1.93. The Hall–Kier alpha value is -0.280. The van der Waals surface area contributed by atoms with Gasteiger partial charge in [0.15, 0.2) is 0 Å². The third-order valence-electron chi connectivity index (χ3n) is 3.44. The first-order valence-electron chi connectivity index (χ1n) is 6.06. The highest BCUT2D eigenvalue weighted by molar-refractivity contribution is 5.85. The Labute approximate surface area is 105 Å². The third kappa shape index (κ3) is 4.71. The van der Waals surface area contributed by atoms with Crippen LogP contribution >= 0.6 is 12.4 Å². The Morgan fingerprint density at radius 2 is 2.25 bits per heavy atom. The summed E-state index contributed by atoms with van der Waals surface area (Å²) in [5.41, 5.74) is 0.251. The SMILES string of the molecule is CCC(C)C(=O)NCC1(C)CCCNC1.Cl. The summed E-state index contributed by atoms with van der Waals surface area (Å²) in [5.74, 6) is 0.342. The Bertz CT molecular complexity index is 215. The van der Waals surface area contributed by atoms with E-state index in [-0.39, 0.29) is 29.6 Å². The highest BCUT2D eigenvalue weighted by Gasteiger charge is 2.27. The van der Waals surface area contributed by atoms with E-state index < -0.39 is 0 Å². The number of hydrogen-bond acceptors (Lipinski definition) is 2. The number of amides is 1. The highest BCUT2D eigenvalue weighted by atomic mass is 35.5. The molecule has 16 heavy (non-hydrogen) atoms. The van der Waals surface area contributed by atoms with Crippen LogP contribution in [-0.2, 0) is 4.79 Å². The first-order valence-corrected chi connectivity index (χ1v) is 6.06. The number of piperidine rings is 1. The summed E-state index contributed by atoms with van der Waals surface area (Å²) in [6.07, 6.45) is 3.34. The van der Waals surface area contributed by atoms with Crippen LogP contribution in [0.2, 0.25) is 0 Å². The van der Waals surface area contributed by atoms with Crippen molar-refractivity contribution in [3.63, 3.8) is 0 Å². The lowest BCUT2D eigenvalue weighted by Gasteiger charge is -2.34. The normalized spacial score (nSPS) is 26.7. The van der Waals surface area contributed by atoms with Crippen molar-refractivity contribution in [3.05, 3.63) is 0 Å². The minimum Gasteiger partial charge on any atom is -0.355 e. The number of rotatable bonds is 4. The van der Waals surface area contributed by atoms with Crippen LogP contribution in [0.3, 0.4) is 0 Å². The van der Waals surface area contributed by atoms with Gasteiger partial charge in [-0.1, -0.05) is 20.8 Å². The quantitative estimate of drug-likeness (QED) is 0.799. The maximum Gasteiger partial charge on any atom is 0.222 e. The Morgan fingerprint density at radius 3 is 2.75 bits per heavy atom. The van der Waals surface area contributed by atoms with Gasteiger partial charge in [-0.3, -0.25) is 4.79 Å². The van der Waals surface area contributed by atoms with Crippen LogP contribution in [0, 0.1) is 11.3 Å². The Morgan fingerprint density at radius 1 is 1.56 bits per heavy atom. The molecule has 96 valence electrons. The first kappa shape index (κ1) is 15.7. The van der Waals surface area contributed by atoms with Crippen molar-refractivity contribution in [2.45, 2.75) is 40.0 Å². The number of carbonyl (C=O) groups excluding carboxylic acids is 1. The summed E-state index contributed by atoms with van der Waals surface area (Å²) in [7, 11) is 0. The van der Waals surface area contributed by atoms with E-state index in [1.807, 2.05) is 13.8 Å². The fourth-order valence-corrected chi connectivity index (χ4v) is 1.93. The molecule has 0 aromatic carbocycles. The lowest BCUT2D eigenvalue weighted by molar-refractivity contribution is -0.125. The monoisotopic (exact) mass is 248 g/mol. The van der Waals surface area contributed by atoms with E-state index in [1.54, 1.807) is 0 Å². The molecule has 1 rings (SSSR count). The summed E-state index contributed by atoms with van der Waals surface area (Å²) in [4.78, 5) is 11.6. The van der Waals surface area contributed by atoms with Gasteiger partial charge in [-0.25, -0.2) is 0 Å². The molecule has 0 aliphatic carbocycles. The molecule has 4 heteroatoms. The molecule has 0 saturated carbocycles. The lowest BCUT2D eigenvalue weighted by atomic mass is 9.82. The van der Waals surface area contributed by atoms with Gasteiger partial charge >= 0.3 is 0 Å². The fraction of sp³-hybridized carbons (Fsp3) is 0.917. The van der Waals surface area contributed by atoms with Gasteiger partial charge in [-0.2, -0.15) is 0 Å². The minimum atomic E-state index is 0. The molecule has 1 saturated heterocycles. The molecule has 2 N–H and O–H groups in total. The average Bonchev–Trinajstić information content (AvgIpc) is 2.26. The van der Waals surface area contributed by atoms with E-state index in [1.165, 1.54) is 12.8 Å². The molecule has 1 fully saturated rings. The second kappa shape index (κ2) is 7.13. The second-order valence-electron chi connectivity index (χ2n) is 5.12. The van der Waals surface area contributed by atoms with Crippen molar-refractivity contribution in [2.75, 3.05) is 19.6 Å². The van der Waals surface area contributed by atoms with Crippen LogP contribution < -0.4 is 10.6 Å². The van der Waals surface area contributed by atoms with Gasteiger partial charge in [0.25, 0.3) is 0 Å². The molecule has 1 heterocycles. The van der Waals surface area contributed by atoms with Crippen molar-refractivity contribution >= 4 is 18.3 Å². The summed E-state index contributed by atoms with van der Waals surface area (Å²) in [6, 6.07) is 0. The molecule has 0 aromatic rings. The van der Waals surface area contributed by atoms with Crippen LogP contribution in [0.25, 0.3) is 0 Å². The summed E-state index contributed by atoms with van der Waals surface area (Å²) in [5, 5.41) is 6.46. The predicted molar refractivity (Wildman–Crippen MR) is 69.9 cm³/mol. The van der Waals surface area contributed by atoms with Crippen molar-refractivity contribution in [2.24, 2.45) is 11.3 Å². The van der Waals surface area contributed by atoms with E-state index in [9.17, 15) is 4.79 Å². The molecular formula is C12H25ClN2O. The van der Waals surface area contributed by atoms with Crippen LogP contribution in [0.15, 0.2) is 0 Å².